The third-order valence-corrected chi connectivity index (χ3v) is 3.18. The van der Waals surface area contributed by atoms with Gasteiger partial charge < -0.3 is 10.2 Å². The van der Waals surface area contributed by atoms with E-state index in [9.17, 15) is 0 Å². The van der Waals surface area contributed by atoms with Crippen molar-refractivity contribution in [3.8, 4) is 0 Å². The first-order valence-corrected chi connectivity index (χ1v) is 6.31. The lowest BCUT2D eigenvalue weighted by molar-refractivity contribution is 0.554. The summed E-state index contributed by atoms with van der Waals surface area (Å²) in [4.78, 5) is 6.64. The highest BCUT2D eigenvalue weighted by Crippen LogP contribution is 2.17. The molecule has 1 aromatic rings. The maximum atomic E-state index is 4.44. The highest BCUT2D eigenvalue weighted by Gasteiger charge is 2.04. The number of rotatable bonds is 6. The molecule has 0 radical (unpaired) electrons. The third-order valence-electron chi connectivity index (χ3n) is 2.11. The number of aryl methyl sites for hydroxylation is 1. The minimum Gasteiger partial charge on any atom is -0.350 e. The lowest BCUT2D eigenvalue weighted by Gasteiger charge is -2.16. The molecule has 0 atom stereocenters. The van der Waals surface area contributed by atoms with E-state index in [1.54, 1.807) is 11.3 Å². The fourth-order valence-corrected chi connectivity index (χ4v) is 2.05. The van der Waals surface area contributed by atoms with E-state index in [2.05, 4.69) is 41.5 Å². The van der Waals surface area contributed by atoms with Crippen molar-refractivity contribution in [2.45, 2.75) is 20.8 Å². The van der Waals surface area contributed by atoms with Crippen LogP contribution in [0, 0.1) is 12.8 Å². The largest absolute Gasteiger partial charge is 0.350 e. The van der Waals surface area contributed by atoms with Gasteiger partial charge in [-0.1, -0.05) is 13.8 Å². The second-order valence-electron chi connectivity index (χ2n) is 4.29. The molecule has 0 saturated carbocycles. The van der Waals surface area contributed by atoms with Crippen LogP contribution >= 0.6 is 11.3 Å². The molecule has 0 spiro atoms. The zero-order valence-corrected chi connectivity index (χ0v) is 10.9. The summed E-state index contributed by atoms with van der Waals surface area (Å²) in [6.45, 7) is 9.60. The summed E-state index contributed by atoms with van der Waals surface area (Å²) in [6.07, 6.45) is 0. The molecule has 1 N–H and O–H groups in total. The Morgan fingerprint density at radius 2 is 2.27 bits per heavy atom. The van der Waals surface area contributed by atoms with E-state index in [0.717, 1.165) is 36.4 Å². The van der Waals surface area contributed by atoms with Crippen molar-refractivity contribution in [1.29, 1.82) is 0 Å². The van der Waals surface area contributed by atoms with Crippen LogP contribution in [-0.2, 0) is 0 Å². The van der Waals surface area contributed by atoms with Gasteiger partial charge in [-0.2, -0.15) is 0 Å². The number of thiazole rings is 1. The average Bonchev–Trinajstić information content (AvgIpc) is 2.59. The summed E-state index contributed by atoms with van der Waals surface area (Å²) in [6, 6.07) is 0. The first-order chi connectivity index (χ1) is 7.09. The van der Waals surface area contributed by atoms with Crippen molar-refractivity contribution in [2.75, 3.05) is 31.6 Å². The van der Waals surface area contributed by atoms with Gasteiger partial charge in [0.05, 0.1) is 5.69 Å². The molecule has 0 aliphatic carbocycles. The van der Waals surface area contributed by atoms with Crippen LogP contribution in [0.15, 0.2) is 5.38 Å². The second-order valence-corrected chi connectivity index (χ2v) is 5.13. The molecule has 0 bridgehead atoms. The van der Waals surface area contributed by atoms with Gasteiger partial charge in [0.15, 0.2) is 5.13 Å². The van der Waals surface area contributed by atoms with Crippen LogP contribution in [0.25, 0.3) is 0 Å². The van der Waals surface area contributed by atoms with Crippen LogP contribution in [0.3, 0.4) is 0 Å². The average molecular weight is 227 g/mol. The Hall–Kier alpha value is -0.610. The number of likely N-dealkylation sites (N-methyl/N-ethyl adjacent to an activating group) is 1. The fourth-order valence-electron chi connectivity index (χ4n) is 1.25. The van der Waals surface area contributed by atoms with Gasteiger partial charge in [0.1, 0.15) is 0 Å². The first-order valence-electron chi connectivity index (χ1n) is 5.43. The summed E-state index contributed by atoms with van der Waals surface area (Å²) < 4.78 is 0. The maximum Gasteiger partial charge on any atom is 0.185 e. The summed E-state index contributed by atoms with van der Waals surface area (Å²) in [5.74, 6) is 0.720. The van der Waals surface area contributed by atoms with Crippen molar-refractivity contribution in [1.82, 2.24) is 10.3 Å². The fraction of sp³-hybridized carbons (Fsp3) is 0.727. The molecule has 4 heteroatoms. The molecule has 0 unspecified atom stereocenters. The normalized spacial score (nSPS) is 11.0. The lowest BCUT2D eigenvalue weighted by Crippen LogP contribution is -2.31. The van der Waals surface area contributed by atoms with E-state index in [1.165, 1.54) is 0 Å². The molecule has 0 aliphatic heterocycles. The Balaban J connectivity index is 2.21. The highest BCUT2D eigenvalue weighted by molar-refractivity contribution is 7.13. The van der Waals surface area contributed by atoms with Crippen molar-refractivity contribution in [3.05, 3.63) is 11.1 Å². The van der Waals surface area contributed by atoms with Crippen molar-refractivity contribution in [2.24, 2.45) is 5.92 Å². The lowest BCUT2D eigenvalue weighted by atomic mass is 10.2. The molecule has 0 aliphatic rings. The van der Waals surface area contributed by atoms with E-state index in [0.29, 0.717) is 0 Å². The molecule has 0 saturated heterocycles. The number of anilines is 1. The number of aromatic nitrogens is 1. The summed E-state index contributed by atoms with van der Waals surface area (Å²) in [7, 11) is 2.09. The predicted molar refractivity (Wildman–Crippen MR) is 67.8 cm³/mol. The summed E-state index contributed by atoms with van der Waals surface area (Å²) >= 11 is 1.71. The maximum absolute atomic E-state index is 4.44. The van der Waals surface area contributed by atoms with Crippen molar-refractivity contribution >= 4 is 16.5 Å². The van der Waals surface area contributed by atoms with Crippen molar-refractivity contribution in [3.63, 3.8) is 0 Å². The Bertz CT molecular complexity index is 283. The monoisotopic (exact) mass is 227 g/mol. The SMILES string of the molecule is Cc1csc(N(C)CCNCC(C)C)n1. The first kappa shape index (κ1) is 12.5. The minimum absolute atomic E-state index is 0.720. The molecule has 0 amide bonds. The standard InChI is InChI=1S/C11H21N3S/c1-9(2)7-12-5-6-14(4)11-13-10(3)8-15-11/h8-9,12H,5-7H2,1-4H3. The molecule has 1 rings (SSSR count). The third kappa shape index (κ3) is 4.62. The Kier molecular flexibility index (Phi) is 5.05. The van der Waals surface area contributed by atoms with Crippen LogP contribution in [0.5, 0.6) is 0 Å². The Labute approximate surface area is 96.5 Å². The van der Waals surface area contributed by atoms with Gasteiger partial charge in [-0.3, -0.25) is 0 Å². The summed E-state index contributed by atoms with van der Waals surface area (Å²) in [5, 5.41) is 6.63. The predicted octanol–water partition coefficient (Wildman–Crippen LogP) is 2.13. The Morgan fingerprint density at radius 3 is 2.80 bits per heavy atom. The van der Waals surface area contributed by atoms with Gasteiger partial charge in [0.25, 0.3) is 0 Å². The van der Waals surface area contributed by atoms with E-state index in [4.69, 9.17) is 0 Å². The van der Waals surface area contributed by atoms with Crippen molar-refractivity contribution < 1.29 is 0 Å². The Morgan fingerprint density at radius 1 is 1.53 bits per heavy atom. The van der Waals surface area contributed by atoms with Gasteiger partial charge in [-0.05, 0) is 19.4 Å². The van der Waals surface area contributed by atoms with Gasteiger partial charge in [-0.25, -0.2) is 4.98 Å². The van der Waals surface area contributed by atoms with E-state index in [-0.39, 0.29) is 0 Å². The van der Waals surface area contributed by atoms with Gasteiger partial charge >= 0.3 is 0 Å². The molecular weight excluding hydrogens is 206 g/mol. The van der Waals surface area contributed by atoms with Crippen LogP contribution in [-0.4, -0.2) is 31.7 Å². The second kappa shape index (κ2) is 6.08. The molecule has 0 aromatic carbocycles. The number of hydrogen-bond donors (Lipinski definition) is 1. The number of nitrogens with zero attached hydrogens (tertiary/aromatic N) is 2. The zero-order valence-electron chi connectivity index (χ0n) is 10.1. The molecule has 86 valence electrons. The van der Waals surface area contributed by atoms with Gasteiger partial charge in [-0.15, -0.1) is 11.3 Å². The topological polar surface area (TPSA) is 28.2 Å². The number of hydrogen-bond acceptors (Lipinski definition) is 4. The van der Waals surface area contributed by atoms with E-state index in [1.807, 2.05) is 6.92 Å². The van der Waals surface area contributed by atoms with Crippen LogP contribution in [0.1, 0.15) is 19.5 Å². The van der Waals surface area contributed by atoms with Crippen LogP contribution in [0.2, 0.25) is 0 Å². The number of nitrogens with one attached hydrogen (secondary N) is 1. The quantitative estimate of drug-likeness (QED) is 0.755. The molecular formula is C11H21N3S. The zero-order chi connectivity index (χ0) is 11.3. The van der Waals surface area contributed by atoms with Crippen LogP contribution < -0.4 is 10.2 Å². The molecule has 15 heavy (non-hydrogen) atoms. The molecule has 1 heterocycles. The minimum atomic E-state index is 0.720. The van der Waals surface area contributed by atoms with Gasteiger partial charge in [0, 0.05) is 25.5 Å². The summed E-state index contributed by atoms with van der Waals surface area (Å²) in [5.41, 5.74) is 1.11. The van der Waals surface area contributed by atoms with E-state index >= 15 is 0 Å². The smallest absolute Gasteiger partial charge is 0.185 e. The van der Waals surface area contributed by atoms with E-state index < -0.39 is 0 Å². The van der Waals surface area contributed by atoms with Crippen LogP contribution in [0.4, 0.5) is 5.13 Å². The molecule has 0 fully saturated rings. The highest BCUT2D eigenvalue weighted by atomic mass is 32.1. The molecule has 1 aromatic heterocycles. The molecule has 3 nitrogen and oxygen atoms in total. The van der Waals surface area contributed by atoms with Gasteiger partial charge in [0.2, 0.25) is 0 Å².